The standard InChI is InChI=1S/C17H21ClFN5O5S2/c1-3-31(28,29)24-6-11(7-24)9-30(26,27)22-21-17(25)13-4-12(5-14(18)16(13)19)15-8-23(2)10-20-15/h4-5,8,10-11,22H,3,6-7,9H2,1-2H3,(H,21,25). The molecule has 1 amide bonds. The van der Waals surface area contributed by atoms with E-state index in [4.69, 9.17) is 11.6 Å². The number of hydrogen-bond acceptors (Lipinski definition) is 6. The second-order valence-electron chi connectivity index (χ2n) is 7.17. The summed E-state index contributed by atoms with van der Waals surface area (Å²) in [5, 5.41) is -0.317. The molecule has 0 aliphatic carbocycles. The first-order valence-corrected chi connectivity index (χ1v) is 12.8. The molecule has 0 saturated carbocycles. The molecule has 0 atom stereocenters. The van der Waals surface area contributed by atoms with Crippen LogP contribution in [0.25, 0.3) is 11.3 Å². The molecule has 0 unspecified atom stereocenters. The Hall–Kier alpha value is -2.06. The van der Waals surface area contributed by atoms with Gasteiger partial charge < -0.3 is 4.57 Å². The third-order valence-electron chi connectivity index (χ3n) is 4.73. The van der Waals surface area contributed by atoms with Gasteiger partial charge in [-0.05, 0) is 19.1 Å². The maximum absolute atomic E-state index is 14.4. The zero-order chi connectivity index (χ0) is 23.0. The number of hydrogen-bond donors (Lipinski definition) is 2. The molecule has 0 spiro atoms. The van der Waals surface area contributed by atoms with Crippen molar-refractivity contribution in [1.82, 2.24) is 24.1 Å². The third-order valence-corrected chi connectivity index (χ3v) is 8.14. The highest BCUT2D eigenvalue weighted by Crippen LogP contribution is 2.27. The SMILES string of the molecule is CCS(=O)(=O)N1CC(CS(=O)(=O)NNC(=O)c2cc(-c3cn(C)cn3)cc(Cl)c2F)C1. The molecule has 2 heterocycles. The van der Waals surface area contributed by atoms with E-state index in [0.29, 0.717) is 11.3 Å². The van der Waals surface area contributed by atoms with Crippen molar-refractivity contribution < 1.29 is 26.0 Å². The fraction of sp³-hybridized carbons (Fsp3) is 0.412. The molecule has 1 aliphatic heterocycles. The summed E-state index contributed by atoms with van der Waals surface area (Å²) in [6.45, 7) is 1.67. The number of amides is 1. The first-order valence-electron chi connectivity index (χ1n) is 9.17. The van der Waals surface area contributed by atoms with Gasteiger partial charge in [-0.15, -0.1) is 4.83 Å². The molecule has 2 aromatic rings. The van der Waals surface area contributed by atoms with Crippen LogP contribution in [0.2, 0.25) is 5.02 Å². The average Bonchev–Trinajstić information content (AvgIpc) is 3.11. The van der Waals surface area contributed by atoms with Gasteiger partial charge in [-0.3, -0.25) is 10.2 Å². The largest absolute Gasteiger partial charge is 0.340 e. The minimum Gasteiger partial charge on any atom is -0.340 e. The second kappa shape index (κ2) is 8.82. The van der Waals surface area contributed by atoms with Crippen LogP contribution < -0.4 is 10.3 Å². The predicted molar refractivity (Wildman–Crippen MR) is 113 cm³/mol. The van der Waals surface area contributed by atoms with Gasteiger partial charge >= 0.3 is 0 Å². The van der Waals surface area contributed by atoms with Gasteiger partial charge in [-0.25, -0.2) is 30.5 Å². The third kappa shape index (κ3) is 5.41. The lowest BCUT2D eigenvalue weighted by molar-refractivity contribution is 0.0941. The molecule has 1 fully saturated rings. The minimum atomic E-state index is -3.98. The highest BCUT2D eigenvalue weighted by atomic mass is 35.5. The summed E-state index contributed by atoms with van der Waals surface area (Å²) >= 11 is 5.89. The molecule has 0 bridgehead atoms. The van der Waals surface area contributed by atoms with Gasteiger partial charge in [0.2, 0.25) is 20.0 Å². The Morgan fingerprint density at radius 3 is 2.55 bits per heavy atom. The summed E-state index contributed by atoms with van der Waals surface area (Å²) in [5.41, 5.74) is 2.34. The van der Waals surface area contributed by atoms with E-state index in [2.05, 4.69) is 4.98 Å². The summed E-state index contributed by atoms with van der Waals surface area (Å²) < 4.78 is 65.1. The topological polar surface area (TPSA) is 130 Å². The Balaban J connectivity index is 1.65. The fourth-order valence-electron chi connectivity index (χ4n) is 3.05. The number of rotatable bonds is 8. The Morgan fingerprint density at radius 2 is 1.97 bits per heavy atom. The average molecular weight is 494 g/mol. The number of nitrogens with one attached hydrogen (secondary N) is 2. The molecule has 1 aliphatic rings. The van der Waals surface area contributed by atoms with E-state index in [0.717, 1.165) is 0 Å². The molecule has 31 heavy (non-hydrogen) atoms. The van der Waals surface area contributed by atoms with Crippen molar-refractivity contribution in [3.8, 4) is 11.3 Å². The van der Waals surface area contributed by atoms with E-state index in [1.165, 1.54) is 29.7 Å². The summed E-state index contributed by atoms with van der Waals surface area (Å²) in [6, 6.07) is 2.53. The van der Waals surface area contributed by atoms with Gasteiger partial charge in [0.25, 0.3) is 5.91 Å². The Labute approximate surface area is 184 Å². The van der Waals surface area contributed by atoms with Crippen molar-refractivity contribution >= 4 is 37.6 Å². The number of halogens is 2. The molecule has 2 N–H and O–H groups in total. The molecule has 1 saturated heterocycles. The minimum absolute atomic E-state index is 0.0630. The lowest BCUT2D eigenvalue weighted by atomic mass is 10.1. The summed E-state index contributed by atoms with van der Waals surface area (Å²) in [7, 11) is -5.60. The quantitative estimate of drug-likeness (QED) is 0.521. The smallest absolute Gasteiger partial charge is 0.269 e. The number of benzene rings is 1. The van der Waals surface area contributed by atoms with Crippen molar-refractivity contribution in [3.63, 3.8) is 0 Å². The summed E-state index contributed by atoms with van der Waals surface area (Å²) in [5.74, 6) is -2.90. The zero-order valence-electron chi connectivity index (χ0n) is 16.7. The summed E-state index contributed by atoms with van der Waals surface area (Å²) in [4.78, 5) is 18.4. The highest BCUT2D eigenvalue weighted by Gasteiger charge is 2.37. The molecular formula is C17H21ClFN5O5S2. The van der Waals surface area contributed by atoms with Crippen LogP contribution in [0, 0.1) is 11.7 Å². The Morgan fingerprint density at radius 1 is 1.29 bits per heavy atom. The molecule has 1 aromatic heterocycles. The number of hydrazine groups is 1. The van der Waals surface area contributed by atoms with Crippen LogP contribution in [-0.4, -0.2) is 61.2 Å². The second-order valence-corrected chi connectivity index (χ2v) is 11.6. The van der Waals surface area contributed by atoms with Crippen molar-refractivity contribution in [2.45, 2.75) is 6.92 Å². The summed E-state index contributed by atoms with van der Waals surface area (Å²) in [6.07, 6.45) is 3.17. The van der Waals surface area contributed by atoms with Crippen molar-refractivity contribution in [2.75, 3.05) is 24.6 Å². The number of carbonyl (C=O) groups is 1. The maximum atomic E-state index is 14.4. The van der Waals surface area contributed by atoms with Crippen LogP contribution in [0.5, 0.6) is 0 Å². The normalized spacial score (nSPS) is 15.6. The van der Waals surface area contributed by atoms with Crippen LogP contribution in [0.1, 0.15) is 17.3 Å². The molecule has 0 radical (unpaired) electrons. The van der Waals surface area contributed by atoms with Gasteiger partial charge in [-0.1, -0.05) is 11.6 Å². The molecule has 14 heteroatoms. The Kier molecular flexibility index (Phi) is 6.72. The lowest BCUT2D eigenvalue weighted by Crippen LogP contribution is -2.54. The van der Waals surface area contributed by atoms with E-state index >= 15 is 0 Å². The number of sulfonamides is 2. The highest BCUT2D eigenvalue weighted by molar-refractivity contribution is 7.89. The van der Waals surface area contributed by atoms with E-state index in [1.54, 1.807) is 17.8 Å². The van der Waals surface area contributed by atoms with Crippen LogP contribution in [0.4, 0.5) is 4.39 Å². The van der Waals surface area contributed by atoms with Crippen LogP contribution in [0.15, 0.2) is 24.7 Å². The van der Waals surface area contributed by atoms with Gasteiger partial charge in [0.15, 0.2) is 5.82 Å². The van der Waals surface area contributed by atoms with Crippen LogP contribution >= 0.6 is 11.6 Å². The molecule has 10 nitrogen and oxygen atoms in total. The fourth-order valence-corrected chi connectivity index (χ4v) is 5.67. The van der Waals surface area contributed by atoms with Gasteiger partial charge in [0.1, 0.15) is 0 Å². The first kappa shape index (κ1) is 23.6. The van der Waals surface area contributed by atoms with Gasteiger partial charge in [0, 0.05) is 37.8 Å². The lowest BCUT2D eigenvalue weighted by Gasteiger charge is -2.37. The molecule has 1 aromatic carbocycles. The Bertz CT molecular complexity index is 1210. The van der Waals surface area contributed by atoms with E-state index in [9.17, 15) is 26.0 Å². The van der Waals surface area contributed by atoms with Crippen molar-refractivity contribution in [1.29, 1.82) is 0 Å². The van der Waals surface area contributed by atoms with Crippen LogP contribution in [-0.2, 0) is 27.1 Å². The van der Waals surface area contributed by atoms with Crippen molar-refractivity contribution in [2.24, 2.45) is 13.0 Å². The van der Waals surface area contributed by atoms with Gasteiger partial charge in [0.05, 0.1) is 34.1 Å². The number of aromatic nitrogens is 2. The number of carbonyl (C=O) groups excluding carboxylic acids is 1. The number of nitrogens with zero attached hydrogens (tertiary/aromatic N) is 3. The number of aryl methyl sites for hydroxylation is 1. The maximum Gasteiger partial charge on any atom is 0.269 e. The monoisotopic (exact) mass is 493 g/mol. The predicted octanol–water partition coefficient (Wildman–Crippen LogP) is 0.725. The van der Waals surface area contributed by atoms with E-state index in [-0.39, 0.29) is 29.6 Å². The van der Waals surface area contributed by atoms with Crippen molar-refractivity contribution in [3.05, 3.63) is 41.1 Å². The van der Waals surface area contributed by atoms with Crippen LogP contribution in [0.3, 0.4) is 0 Å². The molecule has 170 valence electrons. The zero-order valence-corrected chi connectivity index (χ0v) is 19.1. The first-order chi connectivity index (χ1) is 14.4. The van der Waals surface area contributed by atoms with E-state index < -0.39 is 43.3 Å². The van der Waals surface area contributed by atoms with Gasteiger partial charge in [-0.2, -0.15) is 0 Å². The molecule has 3 rings (SSSR count). The van der Waals surface area contributed by atoms with E-state index in [1.807, 2.05) is 10.3 Å². The molecular weight excluding hydrogens is 473 g/mol. The number of imidazole rings is 1.